The number of amides is 1. The Kier molecular flexibility index (Phi) is 7.37. The number of hydrogen-bond donors (Lipinski definition) is 1. The molecule has 0 aliphatic carbocycles. The molecule has 1 atom stereocenters. The van der Waals surface area contributed by atoms with E-state index in [9.17, 15) is 9.00 Å². The highest BCUT2D eigenvalue weighted by molar-refractivity contribution is 7.84. The molecule has 1 aromatic carbocycles. The van der Waals surface area contributed by atoms with Crippen molar-refractivity contribution in [3.63, 3.8) is 0 Å². The van der Waals surface area contributed by atoms with Crippen LogP contribution in [0.15, 0.2) is 28.7 Å². The van der Waals surface area contributed by atoms with Crippen LogP contribution in [0.4, 0.5) is 0 Å². The van der Waals surface area contributed by atoms with E-state index in [0.29, 0.717) is 23.9 Å². The van der Waals surface area contributed by atoms with Crippen molar-refractivity contribution in [2.24, 2.45) is 0 Å². The molecule has 136 valence electrons. The first-order valence-electron chi connectivity index (χ1n) is 8.65. The highest BCUT2D eigenvalue weighted by Crippen LogP contribution is 2.25. The van der Waals surface area contributed by atoms with Gasteiger partial charge in [0.15, 0.2) is 0 Å². The number of hydrogen-bond acceptors (Lipinski definition) is 4. The maximum atomic E-state index is 12.2. The Hall–Kier alpha value is -1.95. The molecule has 0 aliphatic heterocycles. The Morgan fingerprint density at radius 1 is 1.24 bits per heavy atom. The molecule has 1 heterocycles. The van der Waals surface area contributed by atoms with Crippen LogP contribution < -0.4 is 5.32 Å². The minimum Gasteiger partial charge on any atom is -0.441 e. The summed E-state index contributed by atoms with van der Waals surface area (Å²) in [5.41, 5.74) is 2.65. The summed E-state index contributed by atoms with van der Waals surface area (Å²) >= 11 is 0. The van der Waals surface area contributed by atoms with Gasteiger partial charge in [0.1, 0.15) is 11.5 Å². The van der Waals surface area contributed by atoms with Crippen molar-refractivity contribution in [3.05, 3.63) is 41.3 Å². The molecule has 0 saturated heterocycles. The Labute approximate surface area is 151 Å². The second kappa shape index (κ2) is 9.51. The van der Waals surface area contributed by atoms with Gasteiger partial charge in [0.05, 0.1) is 11.4 Å². The van der Waals surface area contributed by atoms with Crippen LogP contribution in [0.2, 0.25) is 0 Å². The molecule has 1 amide bonds. The van der Waals surface area contributed by atoms with Gasteiger partial charge in [0.25, 0.3) is 0 Å². The number of benzene rings is 1. The molecular weight excluding hydrogens is 336 g/mol. The van der Waals surface area contributed by atoms with Gasteiger partial charge < -0.3 is 9.73 Å². The second-order valence-corrected chi connectivity index (χ2v) is 7.58. The molecule has 1 N–H and O–H groups in total. The zero-order valence-corrected chi connectivity index (χ0v) is 15.9. The van der Waals surface area contributed by atoms with Crippen LogP contribution in [-0.2, 0) is 21.3 Å². The van der Waals surface area contributed by atoms with Crippen molar-refractivity contribution in [1.82, 2.24) is 10.3 Å². The number of rotatable bonds is 9. The number of carbonyl (C=O) groups is 1. The van der Waals surface area contributed by atoms with E-state index in [1.165, 1.54) is 0 Å². The van der Waals surface area contributed by atoms with Gasteiger partial charge in [-0.15, -0.1) is 0 Å². The number of aryl methyl sites for hydroxylation is 2. The van der Waals surface area contributed by atoms with Crippen molar-refractivity contribution in [1.29, 1.82) is 0 Å². The van der Waals surface area contributed by atoms with Crippen LogP contribution in [0.5, 0.6) is 0 Å². The summed E-state index contributed by atoms with van der Waals surface area (Å²) in [5.74, 6) is 1.23. The van der Waals surface area contributed by atoms with E-state index >= 15 is 0 Å². The number of oxazole rings is 1. The summed E-state index contributed by atoms with van der Waals surface area (Å²) in [6.07, 6.45) is 3.15. The largest absolute Gasteiger partial charge is 0.441 e. The molecule has 2 rings (SSSR count). The lowest BCUT2D eigenvalue weighted by atomic mass is 10.1. The van der Waals surface area contributed by atoms with Crippen molar-refractivity contribution < 1.29 is 13.4 Å². The predicted molar refractivity (Wildman–Crippen MR) is 101 cm³/mol. The number of aromatic nitrogens is 1. The lowest BCUT2D eigenvalue weighted by molar-refractivity contribution is -0.118. The molecule has 0 bridgehead atoms. The maximum absolute atomic E-state index is 12.2. The average Bonchev–Trinajstić information content (AvgIpc) is 2.92. The normalized spacial score (nSPS) is 12.1. The van der Waals surface area contributed by atoms with Crippen molar-refractivity contribution in [2.45, 2.75) is 45.8 Å². The first kappa shape index (κ1) is 19.4. The van der Waals surface area contributed by atoms with Crippen LogP contribution in [-0.4, -0.2) is 27.4 Å². The highest BCUT2D eigenvalue weighted by atomic mass is 32.2. The molecule has 0 spiro atoms. The van der Waals surface area contributed by atoms with E-state index in [1.807, 2.05) is 38.1 Å². The summed E-state index contributed by atoms with van der Waals surface area (Å²) in [6.45, 7) is 6.56. The highest BCUT2D eigenvalue weighted by Gasteiger charge is 2.16. The Morgan fingerprint density at radius 3 is 2.72 bits per heavy atom. The fourth-order valence-corrected chi connectivity index (χ4v) is 3.56. The molecule has 0 radical (unpaired) electrons. The Balaban J connectivity index is 1.93. The SMILES string of the molecule is CCCCCNC(=O)CS(=O)Cc1nc(-c2ccccc2C)oc1C. The fraction of sp³-hybridized carbons (Fsp3) is 0.474. The van der Waals surface area contributed by atoms with Gasteiger partial charge in [-0.3, -0.25) is 9.00 Å². The third-order valence-corrected chi connectivity index (χ3v) is 5.14. The third-order valence-electron chi connectivity index (χ3n) is 3.96. The molecule has 0 aliphatic rings. The van der Waals surface area contributed by atoms with E-state index in [1.54, 1.807) is 0 Å². The Bertz CT molecular complexity index is 740. The van der Waals surface area contributed by atoms with Crippen molar-refractivity contribution in [3.8, 4) is 11.5 Å². The van der Waals surface area contributed by atoms with Crippen LogP contribution in [0.1, 0.15) is 43.2 Å². The van der Waals surface area contributed by atoms with E-state index < -0.39 is 10.8 Å². The van der Waals surface area contributed by atoms with Crippen LogP contribution in [0.25, 0.3) is 11.5 Å². The fourth-order valence-electron chi connectivity index (χ4n) is 2.49. The topological polar surface area (TPSA) is 72.2 Å². The minimum absolute atomic E-state index is 0.00186. The van der Waals surface area contributed by atoms with Crippen molar-refractivity contribution >= 4 is 16.7 Å². The molecule has 0 fully saturated rings. The summed E-state index contributed by atoms with van der Waals surface area (Å²) in [5, 5.41) is 2.81. The second-order valence-electron chi connectivity index (χ2n) is 6.12. The molecule has 1 aromatic heterocycles. The number of carbonyl (C=O) groups excluding carboxylic acids is 1. The van der Waals surface area contributed by atoms with Crippen LogP contribution in [0.3, 0.4) is 0 Å². The van der Waals surface area contributed by atoms with Gasteiger partial charge in [-0.25, -0.2) is 4.98 Å². The standard InChI is InChI=1S/C19H26N2O3S/c1-4-5-8-11-20-18(22)13-25(23)12-17-15(3)24-19(21-17)16-10-7-6-9-14(16)2/h6-7,9-10H,4-5,8,11-13H2,1-3H3,(H,20,22). The lowest BCUT2D eigenvalue weighted by Crippen LogP contribution is -2.29. The van der Waals surface area contributed by atoms with Gasteiger partial charge >= 0.3 is 0 Å². The zero-order valence-electron chi connectivity index (χ0n) is 15.1. The maximum Gasteiger partial charge on any atom is 0.232 e. The predicted octanol–water partition coefficient (Wildman–Crippen LogP) is 3.51. The summed E-state index contributed by atoms with van der Waals surface area (Å²) < 4.78 is 18.0. The van der Waals surface area contributed by atoms with E-state index in [2.05, 4.69) is 17.2 Å². The van der Waals surface area contributed by atoms with Gasteiger partial charge in [0.2, 0.25) is 11.8 Å². The molecule has 5 nitrogen and oxygen atoms in total. The molecule has 25 heavy (non-hydrogen) atoms. The molecule has 6 heteroatoms. The summed E-state index contributed by atoms with van der Waals surface area (Å²) in [4.78, 5) is 16.3. The van der Waals surface area contributed by atoms with Crippen molar-refractivity contribution in [2.75, 3.05) is 12.3 Å². The molecule has 0 saturated carbocycles. The zero-order chi connectivity index (χ0) is 18.2. The van der Waals surface area contributed by atoms with Gasteiger partial charge in [-0.05, 0) is 31.9 Å². The lowest BCUT2D eigenvalue weighted by Gasteiger charge is -2.04. The first-order chi connectivity index (χ1) is 12.0. The van der Waals surface area contributed by atoms with Crippen LogP contribution >= 0.6 is 0 Å². The number of nitrogens with zero attached hydrogens (tertiary/aromatic N) is 1. The summed E-state index contributed by atoms with van der Waals surface area (Å²) in [6, 6.07) is 7.84. The van der Waals surface area contributed by atoms with Gasteiger partial charge in [-0.2, -0.15) is 0 Å². The van der Waals surface area contributed by atoms with Gasteiger partial charge in [0, 0.05) is 22.9 Å². The smallest absolute Gasteiger partial charge is 0.232 e. The quantitative estimate of drug-likeness (QED) is 0.693. The van der Waals surface area contributed by atoms with Crippen LogP contribution in [0, 0.1) is 13.8 Å². The number of nitrogens with one attached hydrogen (secondary N) is 1. The van der Waals surface area contributed by atoms with Gasteiger partial charge in [-0.1, -0.05) is 38.0 Å². The third kappa shape index (κ3) is 5.81. The van der Waals surface area contributed by atoms with E-state index in [-0.39, 0.29) is 17.4 Å². The summed E-state index contributed by atoms with van der Waals surface area (Å²) in [7, 11) is -1.30. The Morgan fingerprint density at radius 2 is 2.00 bits per heavy atom. The molecular formula is C19H26N2O3S. The first-order valence-corrected chi connectivity index (χ1v) is 10.1. The monoisotopic (exact) mass is 362 g/mol. The van der Waals surface area contributed by atoms with E-state index in [4.69, 9.17) is 4.42 Å². The average molecular weight is 362 g/mol. The molecule has 1 unspecified atom stereocenters. The number of unbranched alkanes of at least 4 members (excludes halogenated alkanes) is 2. The molecule has 2 aromatic rings. The van der Waals surface area contributed by atoms with E-state index in [0.717, 1.165) is 30.4 Å². The minimum atomic E-state index is -1.30.